The van der Waals surface area contributed by atoms with Crippen LogP contribution >= 0.6 is 0 Å². The van der Waals surface area contributed by atoms with Crippen LogP contribution in [0.1, 0.15) is 44.4 Å². The number of aliphatic hydroxyl groups excluding tert-OH is 1. The molecule has 3 rings (SSSR count). The van der Waals surface area contributed by atoms with Crippen LogP contribution in [0.4, 0.5) is 5.69 Å². The van der Waals surface area contributed by atoms with Crippen LogP contribution in [-0.2, 0) is 16.1 Å². The first-order valence-electron chi connectivity index (χ1n) is 11.0. The maximum absolute atomic E-state index is 13.1. The summed E-state index contributed by atoms with van der Waals surface area (Å²) in [6.45, 7) is 6.67. The number of ether oxygens (including phenoxy) is 1. The van der Waals surface area contributed by atoms with Gasteiger partial charge in [-0.05, 0) is 48.2 Å². The first-order chi connectivity index (χ1) is 15.2. The molecule has 0 aromatic heterocycles. The number of nitrogens with zero attached hydrogens (tertiary/aromatic N) is 2. The Morgan fingerprint density at radius 1 is 1.09 bits per heavy atom. The van der Waals surface area contributed by atoms with Crippen molar-refractivity contribution < 1.29 is 19.4 Å². The van der Waals surface area contributed by atoms with Crippen molar-refractivity contribution in [2.45, 2.75) is 39.8 Å². The molecular formula is C26H32N2O4. The maximum Gasteiger partial charge on any atom is 0.290 e. The lowest BCUT2D eigenvalue weighted by Crippen LogP contribution is -2.30. The van der Waals surface area contributed by atoms with E-state index in [-0.39, 0.29) is 30.2 Å². The summed E-state index contributed by atoms with van der Waals surface area (Å²) < 4.78 is 5.50. The molecule has 0 aliphatic carbocycles. The first-order valence-corrected chi connectivity index (χ1v) is 11.0. The van der Waals surface area contributed by atoms with Crippen LogP contribution in [0.25, 0.3) is 0 Å². The van der Waals surface area contributed by atoms with E-state index in [0.717, 1.165) is 22.6 Å². The topological polar surface area (TPSA) is 70.1 Å². The van der Waals surface area contributed by atoms with Gasteiger partial charge in [-0.3, -0.25) is 9.59 Å². The fourth-order valence-electron chi connectivity index (χ4n) is 3.94. The summed E-state index contributed by atoms with van der Waals surface area (Å²) >= 11 is 0. The van der Waals surface area contributed by atoms with E-state index < -0.39 is 17.7 Å². The molecule has 1 N–H and O–H groups in total. The van der Waals surface area contributed by atoms with E-state index in [9.17, 15) is 14.7 Å². The second-order valence-electron chi connectivity index (χ2n) is 8.68. The normalized spacial score (nSPS) is 16.1. The van der Waals surface area contributed by atoms with Gasteiger partial charge in [0.05, 0.1) is 18.2 Å². The minimum Gasteiger partial charge on any atom is -0.503 e. The molecule has 6 nitrogen and oxygen atoms in total. The minimum absolute atomic E-state index is 0.120. The van der Waals surface area contributed by atoms with Crippen molar-refractivity contribution in [3.8, 4) is 5.75 Å². The lowest BCUT2D eigenvalue weighted by atomic mass is 9.92. The number of hydrogen-bond donors (Lipinski definition) is 1. The SMILES string of the molecule is CCOc1ccc(CN2C(=O)C(O)=C(C(=O)CC(C)C)C2c2ccc(N(C)C)cc2)cc1. The molecule has 0 bridgehead atoms. The highest BCUT2D eigenvalue weighted by molar-refractivity contribution is 6.09. The molecule has 0 fully saturated rings. The van der Waals surface area contributed by atoms with Gasteiger partial charge in [-0.15, -0.1) is 0 Å². The molecule has 2 aromatic rings. The van der Waals surface area contributed by atoms with E-state index in [0.29, 0.717) is 6.61 Å². The average Bonchev–Trinajstić information content (AvgIpc) is 3.00. The van der Waals surface area contributed by atoms with Crippen molar-refractivity contribution >= 4 is 17.4 Å². The van der Waals surface area contributed by atoms with Gasteiger partial charge in [0.2, 0.25) is 0 Å². The summed E-state index contributed by atoms with van der Waals surface area (Å²) in [5.74, 6) is -0.277. The molecule has 1 aliphatic rings. The lowest BCUT2D eigenvalue weighted by Gasteiger charge is -2.27. The van der Waals surface area contributed by atoms with Crippen LogP contribution in [0.15, 0.2) is 59.9 Å². The quantitative estimate of drug-likeness (QED) is 0.619. The van der Waals surface area contributed by atoms with Gasteiger partial charge in [0.15, 0.2) is 11.5 Å². The van der Waals surface area contributed by atoms with Crippen molar-refractivity contribution in [2.24, 2.45) is 5.92 Å². The van der Waals surface area contributed by atoms with Gasteiger partial charge in [0.1, 0.15) is 5.75 Å². The predicted octanol–water partition coefficient (Wildman–Crippen LogP) is 4.66. The summed E-state index contributed by atoms with van der Waals surface area (Å²) in [5, 5.41) is 10.7. The van der Waals surface area contributed by atoms with Crippen molar-refractivity contribution in [1.29, 1.82) is 0 Å². The van der Waals surface area contributed by atoms with Crippen molar-refractivity contribution in [1.82, 2.24) is 4.90 Å². The number of anilines is 1. The number of amides is 1. The second kappa shape index (κ2) is 9.90. The number of hydrogen-bond acceptors (Lipinski definition) is 5. The van der Waals surface area contributed by atoms with Gasteiger partial charge < -0.3 is 19.6 Å². The Morgan fingerprint density at radius 2 is 1.72 bits per heavy atom. The summed E-state index contributed by atoms with van der Waals surface area (Å²) in [6, 6.07) is 14.6. The zero-order chi connectivity index (χ0) is 23.4. The van der Waals surface area contributed by atoms with Crippen LogP contribution in [0.5, 0.6) is 5.75 Å². The lowest BCUT2D eigenvalue weighted by molar-refractivity contribution is -0.130. The third-order valence-electron chi connectivity index (χ3n) is 5.51. The van der Waals surface area contributed by atoms with E-state index in [1.807, 2.05) is 88.3 Å². The van der Waals surface area contributed by atoms with Crippen LogP contribution in [0, 0.1) is 5.92 Å². The highest BCUT2D eigenvalue weighted by atomic mass is 16.5. The predicted molar refractivity (Wildman–Crippen MR) is 126 cm³/mol. The van der Waals surface area contributed by atoms with Crippen molar-refractivity contribution in [2.75, 3.05) is 25.6 Å². The Kier molecular flexibility index (Phi) is 7.23. The average molecular weight is 437 g/mol. The van der Waals surface area contributed by atoms with Crippen LogP contribution < -0.4 is 9.64 Å². The summed E-state index contributed by atoms with van der Waals surface area (Å²) in [7, 11) is 3.91. The van der Waals surface area contributed by atoms with E-state index in [1.54, 1.807) is 4.90 Å². The van der Waals surface area contributed by atoms with Gasteiger partial charge in [0.25, 0.3) is 5.91 Å². The Balaban J connectivity index is 1.98. The number of rotatable bonds is 9. The van der Waals surface area contributed by atoms with Gasteiger partial charge in [-0.25, -0.2) is 0 Å². The molecule has 0 spiro atoms. The summed E-state index contributed by atoms with van der Waals surface area (Å²) in [5.41, 5.74) is 2.89. The highest BCUT2D eigenvalue weighted by Gasteiger charge is 2.43. The van der Waals surface area contributed by atoms with Crippen molar-refractivity contribution in [3.05, 3.63) is 71.0 Å². The standard InChI is InChI=1S/C26H32N2O4/c1-6-32-21-13-7-18(8-14-21)16-28-24(19-9-11-20(12-10-19)27(4)5)23(25(30)26(28)31)22(29)15-17(2)3/h7-14,17,24,30H,6,15-16H2,1-5H3. The Bertz CT molecular complexity index is 991. The number of carbonyl (C=O) groups is 2. The third-order valence-corrected chi connectivity index (χ3v) is 5.51. The maximum atomic E-state index is 13.1. The fourth-order valence-corrected chi connectivity index (χ4v) is 3.94. The molecule has 1 atom stereocenters. The largest absolute Gasteiger partial charge is 0.503 e. The van der Waals surface area contributed by atoms with Gasteiger partial charge in [0, 0.05) is 32.7 Å². The molecular weight excluding hydrogens is 404 g/mol. The molecule has 1 amide bonds. The number of Topliss-reactive ketones (excluding diaryl/α,β-unsaturated/α-hetero) is 1. The minimum atomic E-state index is -0.628. The van der Waals surface area contributed by atoms with Crippen LogP contribution in [0.2, 0.25) is 0 Å². The fraction of sp³-hybridized carbons (Fsp3) is 0.385. The number of carbonyl (C=O) groups excluding carboxylic acids is 2. The second-order valence-corrected chi connectivity index (χ2v) is 8.68. The molecule has 0 radical (unpaired) electrons. The van der Waals surface area contributed by atoms with Crippen LogP contribution in [-0.4, -0.2) is 42.4 Å². The van der Waals surface area contributed by atoms with E-state index in [1.165, 1.54) is 0 Å². The van der Waals surface area contributed by atoms with E-state index in [2.05, 4.69) is 0 Å². The molecule has 2 aromatic carbocycles. The van der Waals surface area contributed by atoms with Gasteiger partial charge in [-0.2, -0.15) is 0 Å². The third kappa shape index (κ3) is 4.96. The van der Waals surface area contributed by atoms with Crippen molar-refractivity contribution in [3.63, 3.8) is 0 Å². The smallest absolute Gasteiger partial charge is 0.290 e. The van der Waals surface area contributed by atoms with E-state index in [4.69, 9.17) is 4.74 Å². The molecule has 1 unspecified atom stereocenters. The zero-order valence-corrected chi connectivity index (χ0v) is 19.5. The zero-order valence-electron chi connectivity index (χ0n) is 19.5. The molecule has 0 saturated heterocycles. The van der Waals surface area contributed by atoms with Gasteiger partial charge >= 0.3 is 0 Å². The summed E-state index contributed by atoms with van der Waals surface area (Å²) in [6.07, 6.45) is 0.274. The molecule has 6 heteroatoms. The monoisotopic (exact) mass is 436 g/mol. The van der Waals surface area contributed by atoms with E-state index >= 15 is 0 Å². The number of aliphatic hydroxyl groups is 1. The van der Waals surface area contributed by atoms with Crippen LogP contribution in [0.3, 0.4) is 0 Å². The Hall–Kier alpha value is -3.28. The first kappa shape index (κ1) is 23.4. The Labute approximate surface area is 190 Å². The Morgan fingerprint density at radius 3 is 2.25 bits per heavy atom. The summed E-state index contributed by atoms with van der Waals surface area (Å²) in [4.78, 5) is 29.7. The number of ketones is 1. The number of benzene rings is 2. The molecule has 170 valence electrons. The molecule has 32 heavy (non-hydrogen) atoms. The molecule has 1 aliphatic heterocycles. The highest BCUT2D eigenvalue weighted by Crippen LogP contribution is 2.40. The molecule has 0 saturated carbocycles. The molecule has 1 heterocycles. The van der Waals surface area contributed by atoms with Gasteiger partial charge in [-0.1, -0.05) is 38.1 Å².